The Morgan fingerprint density at radius 3 is 2.55 bits per heavy atom. The fraction of sp³-hybridized carbons (Fsp3) is 0.588. The predicted octanol–water partition coefficient (Wildman–Crippen LogP) is 2.60. The molecule has 22 heavy (non-hydrogen) atoms. The number of benzene rings is 1. The highest BCUT2D eigenvalue weighted by Gasteiger charge is 2.22. The first kappa shape index (κ1) is 18.9. The maximum absolute atomic E-state index is 12.3. The highest BCUT2D eigenvalue weighted by atomic mass is 35.5. The molecule has 2 atom stereocenters. The molecule has 0 aromatic heterocycles. The van der Waals surface area contributed by atoms with Crippen molar-refractivity contribution in [3.05, 3.63) is 29.3 Å². The number of piperazine rings is 1. The first-order chi connectivity index (χ1) is 9.99. The molecule has 1 fully saturated rings. The Morgan fingerprint density at radius 2 is 1.95 bits per heavy atom. The van der Waals surface area contributed by atoms with Gasteiger partial charge in [0.05, 0.1) is 6.54 Å². The number of nitrogens with one attached hydrogen (secondary N) is 2. The minimum Gasteiger partial charge on any atom is -0.324 e. The van der Waals surface area contributed by atoms with E-state index in [1.54, 1.807) is 0 Å². The van der Waals surface area contributed by atoms with Crippen LogP contribution >= 0.6 is 12.4 Å². The van der Waals surface area contributed by atoms with Gasteiger partial charge in [0.25, 0.3) is 0 Å². The van der Waals surface area contributed by atoms with E-state index in [1.807, 2.05) is 19.1 Å². The van der Waals surface area contributed by atoms with Gasteiger partial charge >= 0.3 is 0 Å². The molecule has 2 unspecified atom stereocenters. The summed E-state index contributed by atoms with van der Waals surface area (Å²) in [5.74, 6) is 0.0836. The summed E-state index contributed by atoms with van der Waals surface area (Å²) in [6.45, 7) is 10.8. The summed E-state index contributed by atoms with van der Waals surface area (Å²) in [4.78, 5) is 14.6. The van der Waals surface area contributed by atoms with Crippen LogP contribution in [0, 0.1) is 6.92 Å². The summed E-state index contributed by atoms with van der Waals surface area (Å²) in [5, 5.41) is 6.59. The van der Waals surface area contributed by atoms with Crippen LogP contribution in [0.4, 0.5) is 5.69 Å². The average Bonchev–Trinajstić information content (AvgIpc) is 2.39. The van der Waals surface area contributed by atoms with Crippen LogP contribution in [-0.4, -0.2) is 42.5 Å². The van der Waals surface area contributed by atoms with Gasteiger partial charge in [-0.25, -0.2) is 0 Å². The standard InChI is InChI=1S/C17H27N3O.ClH/c1-5-15-8-6-7-12(2)17(15)19-16(21)11-20-9-13(3)18-14(4)10-20;/h6-8,13-14,18H,5,9-11H2,1-4H3,(H,19,21);1H. The van der Waals surface area contributed by atoms with Crippen LogP contribution in [0.15, 0.2) is 18.2 Å². The van der Waals surface area contributed by atoms with Gasteiger partial charge in [0.15, 0.2) is 0 Å². The molecule has 1 aliphatic heterocycles. The third-order valence-electron chi connectivity index (χ3n) is 4.00. The zero-order valence-corrected chi connectivity index (χ0v) is 14.8. The smallest absolute Gasteiger partial charge is 0.238 e. The maximum Gasteiger partial charge on any atom is 0.238 e. The monoisotopic (exact) mass is 325 g/mol. The van der Waals surface area contributed by atoms with Crippen molar-refractivity contribution < 1.29 is 4.79 Å². The number of halogens is 1. The second-order valence-corrected chi connectivity index (χ2v) is 6.17. The van der Waals surface area contributed by atoms with Crippen molar-refractivity contribution in [1.82, 2.24) is 10.2 Å². The molecule has 0 radical (unpaired) electrons. The van der Waals surface area contributed by atoms with E-state index >= 15 is 0 Å². The topological polar surface area (TPSA) is 44.4 Å². The van der Waals surface area contributed by atoms with Crippen molar-refractivity contribution in [3.63, 3.8) is 0 Å². The van der Waals surface area contributed by atoms with Crippen molar-refractivity contribution in [3.8, 4) is 0 Å². The molecule has 1 saturated heterocycles. The number of amides is 1. The minimum atomic E-state index is 0. The predicted molar refractivity (Wildman–Crippen MR) is 94.9 cm³/mol. The van der Waals surface area contributed by atoms with Crippen LogP contribution in [0.2, 0.25) is 0 Å². The summed E-state index contributed by atoms with van der Waals surface area (Å²) in [6, 6.07) is 7.04. The number of carbonyl (C=O) groups is 1. The Bertz CT molecular complexity index is 497. The van der Waals surface area contributed by atoms with Crippen LogP contribution in [0.5, 0.6) is 0 Å². The van der Waals surface area contributed by atoms with Gasteiger partial charge < -0.3 is 10.6 Å². The number of nitrogens with zero attached hydrogens (tertiary/aromatic N) is 1. The van der Waals surface area contributed by atoms with Crippen LogP contribution in [0.1, 0.15) is 31.9 Å². The van der Waals surface area contributed by atoms with Crippen LogP contribution in [0.25, 0.3) is 0 Å². The molecule has 1 heterocycles. The highest BCUT2D eigenvalue weighted by molar-refractivity contribution is 5.93. The molecule has 0 spiro atoms. The fourth-order valence-corrected chi connectivity index (χ4v) is 3.15. The van der Waals surface area contributed by atoms with Crippen molar-refractivity contribution in [2.75, 3.05) is 25.0 Å². The number of aryl methyl sites for hydroxylation is 2. The van der Waals surface area contributed by atoms with Crippen LogP contribution in [-0.2, 0) is 11.2 Å². The number of rotatable bonds is 4. The van der Waals surface area contributed by atoms with Crippen LogP contribution < -0.4 is 10.6 Å². The molecule has 2 N–H and O–H groups in total. The van der Waals surface area contributed by atoms with E-state index in [0.717, 1.165) is 30.8 Å². The Morgan fingerprint density at radius 1 is 1.32 bits per heavy atom. The van der Waals surface area contributed by atoms with Crippen molar-refractivity contribution >= 4 is 24.0 Å². The van der Waals surface area contributed by atoms with Crippen LogP contribution in [0.3, 0.4) is 0 Å². The van der Waals surface area contributed by atoms with Gasteiger partial charge in [0.1, 0.15) is 0 Å². The second-order valence-electron chi connectivity index (χ2n) is 6.17. The van der Waals surface area contributed by atoms with Gasteiger partial charge in [-0.2, -0.15) is 0 Å². The van der Waals surface area contributed by atoms with E-state index in [-0.39, 0.29) is 18.3 Å². The van der Waals surface area contributed by atoms with Gasteiger partial charge in [-0.1, -0.05) is 25.1 Å². The average molecular weight is 326 g/mol. The van der Waals surface area contributed by atoms with Crippen molar-refractivity contribution in [2.24, 2.45) is 0 Å². The lowest BCUT2D eigenvalue weighted by Crippen LogP contribution is -2.55. The van der Waals surface area contributed by atoms with Gasteiger partial charge in [-0.05, 0) is 38.3 Å². The lowest BCUT2D eigenvalue weighted by molar-refractivity contribution is -0.117. The van der Waals surface area contributed by atoms with E-state index in [0.29, 0.717) is 18.6 Å². The first-order valence-electron chi connectivity index (χ1n) is 7.86. The summed E-state index contributed by atoms with van der Waals surface area (Å²) in [7, 11) is 0. The number of hydrogen-bond acceptors (Lipinski definition) is 3. The summed E-state index contributed by atoms with van der Waals surface area (Å²) in [6.07, 6.45) is 0.930. The normalized spacial score (nSPS) is 22.0. The van der Waals surface area contributed by atoms with E-state index in [9.17, 15) is 4.79 Å². The first-order valence-corrected chi connectivity index (χ1v) is 7.86. The fourth-order valence-electron chi connectivity index (χ4n) is 3.15. The molecule has 124 valence electrons. The molecule has 5 heteroatoms. The number of anilines is 1. The molecule has 1 aliphatic rings. The molecule has 4 nitrogen and oxygen atoms in total. The van der Waals surface area contributed by atoms with E-state index in [2.05, 4.69) is 42.4 Å². The Labute approximate surface area is 140 Å². The lowest BCUT2D eigenvalue weighted by Gasteiger charge is -2.35. The van der Waals surface area contributed by atoms with E-state index < -0.39 is 0 Å². The van der Waals surface area contributed by atoms with E-state index in [1.165, 1.54) is 5.56 Å². The maximum atomic E-state index is 12.3. The highest BCUT2D eigenvalue weighted by Crippen LogP contribution is 2.21. The number of carbonyl (C=O) groups excluding carboxylic acids is 1. The Balaban J connectivity index is 0.00000242. The van der Waals surface area contributed by atoms with Gasteiger partial charge in [0.2, 0.25) is 5.91 Å². The van der Waals surface area contributed by atoms with Crippen molar-refractivity contribution in [1.29, 1.82) is 0 Å². The third kappa shape index (κ3) is 4.97. The van der Waals surface area contributed by atoms with Gasteiger partial charge in [-0.15, -0.1) is 12.4 Å². The second kappa shape index (κ2) is 8.51. The third-order valence-corrected chi connectivity index (χ3v) is 4.00. The van der Waals surface area contributed by atoms with Gasteiger partial charge in [0, 0.05) is 30.9 Å². The molecule has 2 rings (SSSR count). The molecule has 0 bridgehead atoms. The van der Waals surface area contributed by atoms with Gasteiger partial charge in [-0.3, -0.25) is 9.69 Å². The van der Waals surface area contributed by atoms with E-state index in [4.69, 9.17) is 0 Å². The SMILES string of the molecule is CCc1cccc(C)c1NC(=O)CN1CC(C)NC(C)C1.Cl. The molecule has 1 aromatic rings. The molecular weight excluding hydrogens is 298 g/mol. The largest absolute Gasteiger partial charge is 0.324 e. The summed E-state index contributed by atoms with van der Waals surface area (Å²) < 4.78 is 0. The minimum absolute atomic E-state index is 0. The lowest BCUT2D eigenvalue weighted by atomic mass is 10.1. The Hall–Kier alpha value is -1.10. The molecule has 1 amide bonds. The Kier molecular flexibility index (Phi) is 7.33. The molecule has 0 saturated carbocycles. The number of para-hydroxylation sites is 1. The zero-order chi connectivity index (χ0) is 15.4. The number of hydrogen-bond donors (Lipinski definition) is 2. The molecule has 1 aromatic carbocycles. The quantitative estimate of drug-likeness (QED) is 0.894. The van der Waals surface area contributed by atoms with Crippen molar-refractivity contribution in [2.45, 2.75) is 46.2 Å². The molecule has 0 aliphatic carbocycles. The molecular formula is C17H28ClN3O. The summed E-state index contributed by atoms with van der Waals surface area (Å²) >= 11 is 0. The zero-order valence-electron chi connectivity index (χ0n) is 14.0. The summed E-state index contributed by atoms with van der Waals surface area (Å²) in [5.41, 5.74) is 3.32.